The number of nitrogens with zero attached hydrogens (tertiary/aromatic N) is 1. The van der Waals surface area contributed by atoms with Gasteiger partial charge in [0.25, 0.3) is 0 Å². The van der Waals surface area contributed by atoms with Gasteiger partial charge in [0.1, 0.15) is 0 Å². The topological polar surface area (TPSA) is 41.9 Å². The Kier molecular flexibility index (Phi) is 4.38. The number of rotatable bonds is 3. The first-order valence-electron chi connectivity index (χ1n) is 5.92. The Bertz CT molecular complexity index is 175. The summed E-state index contributed by atoms with van der Waals surface area (Å²) in [5, 5.41) is 10.0. The molecule has 2 fully saturated rings. The first kappa shape index (κ1) is 11.3. The quantitative estimate of drug-likeness (QED) is 0.725. The number of hydrogen-bond acceptors (Lipinski definition) is 4. The molecule has 4 nitrogen and oxygen atoms in total. The third-order valence-electron chi connectivity index (χ3n) is 3.27. The van der Waals surface area contributed by atoms with Gasteiger partial charge in [0.15, 0.2) is 0 Å². The van der Waals surface area contributed by atoms with E-state index in [1.54, 1.807) is 0 Å². The summed E-state index contributed by atoms with van der Waals surface area (Å²) in [5.41, 5.74) is 0. The molecule has 0 radical (unpaired) electrons. The maximum atomic E-state index is 10.0. The van der Waals surface area contributed by atoms with Crippen molar-refractivity contribution >= 4 is 0 Å². The molecule has 2 rings (SSSR count). The Hall–Kier alpha value is -0.160. The Balaban J connectivity index is 1.73. The van der Waals surface area contributed by atoms with Gasteiger partial charge in [0.05, 0.1) is 19.3 Å². The highest BCUT2D eigenvalue weighted by molar-refractivity contribution is 4.76. The molecule has 1 N–H and O–H groups in total. The van der Waals surface area contributed by atoms with Crippen molar-refractivity contribution < 1.29 is 14.6 Å². The summed E-state index contributed by atoms with van der Waals surface area (Å²) < 4.78 is 10.7. The lowest BCUT2D eigenvalue weighted by molar-refractivity contribution is 0.0542. The SMILES string of the molecule is OC(CN1CCCOCC1)C1CCOC1. The van der Waals surface area contributed by atoms with Crippen LogP contribution in [0.3, 0.4) is 0 Å². The molecule has 15 heavy (non-hydrogen) atoms. The van der Waals surface area contributed by atoms with Crippen LogP contribution in [0, 0.1) is 5.92 Å². The first-order valence-corrected chi connectivity index (χ1v) is 5.92. The summed E-state index contributed by atoms with van der Waals surface area (Å²) in [6.07, 6.45) is 1.85. The average Bonchev–Trinajstić information content (AvgIpc) is 2.65. The standard InChI is InChI=1S/C11H21NO3/c13-11(10-2-6-15-9-10)8-12-3-1-5-14-7-4-12/h10-11,13H,1-9H2. The molecule has 88 valence electrons. The van der Waals surface area contributed by atoms with Crippen LogP contribution < -0.4 is 0 Å². The van der Waals surface area contributed by atoms with Gasteiger partial charge in [-0.15, -0.1) is 0 Å². The lowest BCUT2D eigenvalue weighted by Crippen LogP contribution is -2.38. The normalized spacial score (nSPS) is 31.4. The summed E-state index contributed by atoms with van der Waals surface area (Å²) in [6, 6.07) is 0. The van der Waals surface area contributed by atoms with E-state index in [1.807, 2.05) is 0 Å². The summed E-state index contributed by atoms with van der Waals surface area (Å²) in [4.78, 5) is 2.30. The predicted molar refractivity (Wildman–Crippen MR) is 56.8 cm³/mol. The van der Waals surface area contributed by atoms with Gasteiger partial charge in [-0.25, -0.2) is 0 Å². The number of ether oxygens (including phenoxy) is 2. The Morgan fingerprint density at radius 3 is 2.93 bits per heavy atom. The van der Waals surface area contributed by atoms with Crippen LogP contribution in [0.1, 0.15) is 12.8 Å². The minimum Gasteiger partial charge on any atom is -0.391 e. The fraction of sp³-hybridized carbons (Fsp3) is 1.00. The molecular weight excluding hydrogens is 194 g/mol. The fourth-order valence-corrected chi connectivity index (χ4v) is 2.25. The molecule has 0 aromatic rings. The first-order chi connectivity index (χ1) is 7.36. The molecule has 0 aromatic carbocycles. The van der Waals surface area contributed by atoms with Crippen molar-refractivity contribution in [2.75, 3.05) is 46.1 Å². The van der Waals surface area contributed by atoms with Crippen LogP contribution in [-0.2, 0) is 9.47 Å². The molecule has 2 saturated heterocycles. The number of hydrogen-bond donors (Lipinski definition) is 1. The molecule has 2 aliphatic rings. The molecule has 0 spiro atoms. The molecule has 2 heterocycles. The van der Waals surface area contributed by atoms with Crippen molar-refractivity contribution in [2.24, 2.45) is 5.92 Å². The molecule has 2 unspecified atom stereocenters. The smallest absolute Gasteiger partial charge is 0.0718 e. The molecule has 0 bridgehead atoms. The van der Waals surface area contributed by atoms with E-state index in [-0.39, 0.29) is 6.10 Å². The van der Waals surface area contributed by atoms with E-state index in [1.165, 1.54) is 0 Å². The highest BCUT2D eigenvalue weighted by atomic mass is 16.5. The largest absolute Gasteiger partial charge is 0.391 e. The van der Waals surface area contributed by atoms with Crippen molar-refractivity contribution in [1.82, 2.24) is 4.90 Å². The summed E-state index contributed by atoms with van der Waals surface area (Å²) in [7, 11) is 0. The number of β-amino-alcohol motifs (C(OH)–C–C–N with tert-alkyl or cyclic N) is 1. The Labute approximate surface area is 91.2 Å². The van der Waals surface area contributed by atoms with E-state index in [0.717, 1.165) is 58.9 Å². The van der Waals surface area contributed by atoms with Gasteiger partial charge in [0, 0.05) is 38.8 Å². The third-order valence-corrected chi connectivity index (χ3v) is 3.27. The van der Waals surface area contributed by atoms with Crippen LogP contribution in [0.2, 0.25) is 0 Å². The van der Waals surface area contributed by atoms with Crippen molar-refractivity contribution in [3.8, 4) is 0 Å². The fourth-order valence-electron chi connectivity index (χ4n) is 2.25. The van der Waals surface area contributed by atoms with Crippen LogP contribution in [0.25, 0.3) is 0 Å². The van der Waals surface area contributed by atoms with Crippen LogP contribution in [0.4, 0.5) is 0 Å². The Morgan fingerprint density at radius 2 is 2.13 bits per heavy atom. The summed E-state index contributed by atoms with van der Waals surface area (Å²) in [6.45, 7) is 5.97. The van der Waals surface area contributed by atoms with Crippen LogP contribution in [0.5, 0.6) is 0 Å². The molecule has 0 amide bonds. The zero-order chi connectivity index (χ0) is 10.5. The minimum atomic E-state index is -0.231. The van der Waals surface area contributed by atoms with E-state index in [4.69, 9.17) is 9.47 Å². The predicted octanol–water partition coefficient (Wildman–Crippen LogP) is 0.106. The van der Waals surface area contributed by atoms with Gasteiger partial charge in [-0.3, -0.25) is 4.90 Å². The molecule has 2 aliphatic heterocycles. The van der Waals surface area contributed by atoms with Gasteiger partial charge in [-0.05, 0) is 12.8 Å². The van der Waals surface area contributed by atoms with Crippen molar-refractivity contribution in [1.29, 1.82) is 0 Å². The van der Waals surface area contributed by atoms with Crippen molar-refractivity contribution in [3.63, 3.8) is 0 Å². The molecule has 0 saturated carbocycles. The maximum Gasteiger partial charge on any atom is 0.0718 e. The second kappa shape index (κ2) is 5.80. The molecule has 0 aromatic heterocycles. The number of aliphatic hydroxyl groups excluding tert-OH is 1. The van der Waals surface area contributed by atoms with E-state index in [9.17, 15) is 5.11 Å². The lowest BCUT2D eigenvalue weighted by Gasteiger charge is -2.25. The highest BCUT2D eigenvalue weighted by Crippen LogP contribution is 2.17. The minimum absolute atomic E-state index is 0.231. The molecule has 4 heteroatoms. The monoisotopic (exact) mass is 215 g/mol. The molecular formula is C11H21NO3. The van der Waals surface area contributed by atoms with E-state index < -0.39 is 0 Å². The molecule has 2 atom stereocenters. The zero-order valence-electron chi connectivity index (χ0n) is 9.23. The van der Waals surface area contributed by atoms with Crippen LogP contribution >= 0.6 is 0 Å². The summed E-state index contributed by atoms with van der Waals surface area (Å²) >= 11 is 0. The van der Waals surface area contributed by atoms with Gasteiger partial charge >= 0.3 is 0 Å². The Morgan fingerprint density at radius 1 is 1.20 bits per heavy atom. The van der Waals surface area contributed by atoms with Gasteiger partial charge in [-0.2, -0.15) is 0 Å². The number of aliphatic hydroxyl groups is 1. The van der Waals surface area contributed by atoms with Gasteiger partial charge in [0.2, 0.25) is 0 Å². The van der Waals surface area contributed by atoms with Gasteiger partial charge in [-0.1, -0.05) is 0 Å². The molecule has 0 aliphatic carbocycles. The van der Waals surface area contributed by atoms with Gasteiger partial charge < -0.3 is 14.6 Å². The lowest BCUT2D eigenvalue weighted by atomic mass is 10.0. The summed E-state index contributed by atoms with van der Waals surface area (Å²) in [5.74, 6) is 0.342. The van der Waals surface area contributed by atoms with Crippen LogP contribution in [-0.4, -0.2) is 62.2 Å². The van der Waals surface area contributed by atoms with Crippen LogP contribution in [0.15, 0.2) is 0 Å². The van der Waals surface area contributed by atoms with E-state index in [2.05, 4.69) is 4.90 Å². The average molecular weight is 215 g/mol. The highest BCUT2D eigenvalue weighted by Gasteiger charge is 2.25. The second-order valence-corrected chi connectivity index (χ2v) is 4.46. The van der Waals surface area contributed by atoms with Crippen molar-refractivity contribution in [2.45, 2.75) is 18.9 Å². The van der Waals surface area contributed by atoms with E-state index in [0.29, 0.717) is 5.92 Å². The third kappa shape index (κ3) is 3.41. The zero-order valence-corrected chi connectivity index (χ0v) is 9.23. The van der Waals surface area contributed by atoms with Crippen molar-refractivity contribution in [3.05, 3.63) is 0 Å². The van der Waals surface area contributed by atoms with E-state index >= 15 is 0 Å². The maximum absolute atomic E-state index is 10.0. The second-order valence-electron chi connectivity index (χ2n) is 4.46.